The van der Waals surface area contributed by atoms with E-state index < -0.39 is 8.07 Å². The molecule has 1 radical (unpaired) electrons. The van der Waals surface area contributed by atoms with Gasteiger partial charge in [-0.3, -0.25) is 0 Å². The first-order valence-electron chi connectivity index (χ1n) is 8.03. The van der Waals surface area contributed by atoms with Crippen molar-refractivity contribution in [3.8, 4) is 0 Å². The molecule has 163 valence electrons. The van der Waals surface area contributed by atoms with Gasteiger partial charge in [0.15, 0.2) is 0 Å². The molecule has 0 spiro atoms. The molecule has 0 unspecified atom stereocenters. The Balaban J connectivity index is -0.000000138. The van der Waals surface area contributed by atoms with Crippen molar-refractivity contribution in [3.63, 3.8) is 0 Å². The summed E-state index contributed by atoms with van der Waals surface area (Å²) in [6, 6.07) is 0. The zero-order valence-electron chi connectivity index (χ0n) is 17.6. The first-order chi connectivity index (χ1) is 12.4. The molecule has 0 aliphatic carbocycles. The summed E-state index contributed by atoms with van der Waals surface area (Å²) in [7, 11) is -0.861. The molecule has 0 aromatic rings. The summed E-state index contributed by atoms with van der Waals surface area (Å²) in [4.78, 5) is 0. The molecule has 1 heterocycles. The summed E-state index contributed by atoms with van der Waals surface area (Å²) in [5.41, 5.74) is 1.25. The van der Waals surface area contributed by atoms with Gasteiger partial charge in [0.2, 0.25) is 0 Å². The maximum atomic E-state index is 8.03. The number of rotatable bonds is 2. The van der Waals surface area contributed by atoms with Crippen LogP contribution in [0.15, 0.2) is 45.1 Å². The fourth-order valence-electron chi connectivity index (χ4n) is 0.661. The predicted octanol–water partition coefficient (Wildman–Crippen LogP) is 4.51. The Kier molecular flexibility index (Phi) is 25.3. The van der Waals surface area contributed by atoms with Crippen LogP contribution in [0.5, 0.6) is 0 Å². The van der Waals surface area contributed by atoms with Crippen molar-refractivity contribution in [2.75, 3.05) is 6.54 Å². The quantitative estimate of drug-likeness (QED) is 0.159. The molecule has 1 aliphatic heterocycles. The monoisotopic (exact) mass is 458 g/mol. The molecule has 0 saturated heterocycles. The molecule has 1 rings (SSSR count). The van der Waals surface area contributed by atoms with Crippen LogP contribution in [0.2, 0.25) is 19.6 Å². The van der Waals surface area contributed by atoms with Gasteiger partial charge in [-0.1, -0.05) is 52.4 Å². The van der Waals surface area contributed by atoms with Crippen molar-refractivity contribution in [1.82, 2.24) is 0 Å². The smallest absolute Gasteiger partial charge is 0.687 e. The van der Waals surface area contributed by atoms with Crippen LogP contribution in [0.1, 0.15) is 27.7 Å². The van der Waals surface area contributed by atoms with Gasteiger partial charge in [0.1, 0.15) is 22.8 Å². The fraction of sp³-hybridized carbons (Fsp3) is 0.471. The average Bonchev–Trinajstić information content (AvgIpc) is 2.66. The molecular weight excluding hydrogens is 425 g/mol. The van der Waals surface area contributed by atoms with Gasteiger partial charge in [0, 0.05) is 0 Å². The number of hydrogen-bond donors (Lipinski definition) is 4. The number of oxime groups is 4. The van der Waals surface area contributed by atoms with Crippen molar-refractivity contribution in [1.29, 1.82) is 0 Å². The van der Waals surface area contributed by atoms with Gasteiger partial charge in [-0.2, -0.15) is 6.20 Å². The van der Waals surface area contributed by atoms with Crippen LogP contribution < -0.4 is 0 Å². The molecule has 9 nitrogen and oxygen atoms in total. The van der Waals surface area contributed by atoms with Crippen LogP contribution in [-0.4, -0.2) is 58.3 Å². The first-order valence-corrected chi connectivity index (χ1v) is 11.7. The van der Waals surface area contributed by atoms with Gasteiger partial charge in [-0.15, -0.1) is 20.7 Å². The van der Waals surface area contributed by atoms with Crippen LogP contribution in [-0.2, 0) is 16.8 Å². The predicted molar refractivity (Wildman–Crippen MR) is 115 cm³/mol. The molecule has 0 saturated carbocycles. The number of nitrogens with zero attached hydrogens (tertiary/aromatic N) is 5. The molecular formula is C17H33CoN5O4Si. The van der Waals surface area contributed by atoms with Crippen LogP contribution >= 0.6 is 0 Å². The number of hydrogen-bond acceptors (Lipinski definition) is 8. The molecule has 11 heteroatoms. The van der Waals surface area contributed by atoms with Crippen molar-refractivity contribution in [2.45, 2.75) is 47.3 Å². The zero-order chi connectivity index (χ0) is 21.9. The third-order valence-electron chi connectivity index (χ3n) is 2.30. The summed E-state index contributed by atoms with van der Waals surface area (Å²) in [5.74, 6) is 0. The molecule has 0 atom stereocenters. The van der Waals surface area contributed by atoms with Gasteiger partial charge in [-0.25, -0.2) is 0 Å². The molecule has 0 fully saturated rings. The van der Waals surface area contributed by atoms with E-state index in [9.17, 15) is 0 Å². The number of allylic oxidation sites excluding steroid dienone is 2. The minimum Gasteiger partial charge on any atom is -0.687 e. The summed E-state index contributed by atoms with van der Waals surface area (Å²) in [6.07, 6.45) is 7.73. The summed E-state index contributed by atoms with van der Waals surface area (Å²) < 4.78 is 0. The van der Waals surface area contributed by atoms with Gasteiger partial charge in [0.05, 0.1) is 0 Å². The molecule has 0 aromatic carbocycles. The average molecular weight is 459 g/mol. The van der Waals surface area contributed by atoms with Crippen LogP contribution in [0, 0.1) is 6.55 Å². The Labute approximate surface area is 179 Å². The van der Waals surface area contributed by atoms with E-state index in [4.69, 9.17) is 20.8 Å². The first kappa shape index (κ1) is 33.5. The third-order valence-corrected chi connectivity index (χ3v) is 2.30. The molecule has 4 N–H and O–H groups in total. The second-order valence-corrected chi connectivity index (χ2v) is 11.6. The summed E-state index contributed by atoms with van der Waals surface area (Å²) >= 11 is 0. The van der Waals surface area contributed by atoms with E-state index in [1.165, 1.54) is 27.7 Å². The second kappa shape index (κ2) is 21.2. The zero-order valence-corrected chi connectivity index (χ0v) is 19.6. The van der Waals surface area contributed by atoms with Gasteiger partial charge < -0.3 is 32.7 Å². The maximum Gasteiger partial charge on any atom is 2.00 e. The van der Waals surface area contributed by atoms with E-state index in [0.717, 1.165) is 6.54 Å². The molecule has 0 amide bonds. The van der Waals surface area contributed by atoms with Crippen molar-refractivity contribution >= 4 is 30.9 Å². The second-order valence-electron chi connectivity index (χ2n) is 6.44. The van der Waals surface area contributed by atoms with E-state index in [-0.39, 0.29) is 16.8 Å². The van der Waals surface area contributed by atoms with Crippen molar-refractivity contribution in [2.24, 2.45) is 20.6 Å². The Morgan fingerprint density at radius 1 is 0.786 bits per heavy atom. The molecule has 28 heavy (non-hydrogen) atoms. The standard InChI is InChI=1S/C5H6N.2C4H8N2O2.C4H11Si.Co/c1-2-4-6-5-3-1;2*1-3(5-7)4(2)6-8;1-5(2,3)4;/h1-4H,5H2;2*7-8H,1-2H3;1H2,2-4H3;/q-1;;;-1;+2. The Morgan fingerprint density at radius 2 is 1.07 bits per heavy atom. The van der Waals surface area contributed by atoms with Crippen LogP contribution in [0.25, 0.3) is 5.32 Å². The maximum absolute atomic E-state index is 8.03. The van der Waals surface area contributed by atoms with Crippen LogP contribution in [0.4, 0.5) is 0 Å². The van der Waals surface area contributed by atoms with Crippen molar-refractivity contribution < 1.29 is 37.6 Å². The summed E-state index contributed by atoms with van der Waals surface area (Å²) in [5, 5.41) is 47.2. The largest absolute Gasteiger partial charge is 2.00 e. The van der Waals surface area contributed by atoms with Gasteiger partial charge >= 0.3 is 16.8 Å². The van der Waals surface area contributed by atoms with E-state index >= 15 is 0 Å². The van der Waals surface area contributed by atoms with E-state index in [1.54, 1.807) is 6.20 Å². The fourth-order valence-corrected chi connectivity index (χ4v) is 0.661. The van der Waals surface area contributed by atoms with Crippen molar-refractivity contribution in [3.05, 3.63) is 36.3 Å². The normalized spacial score (nSPS) is 14.0. The van der Waals surface area contributed by atoms with E-state index in [2.05, 4.69) is 52.1 Å². The SMILES string of the molecule is C1=CC[N-]C=C1.CC(=NO)C(C)=NO.CC(=NO)C(C)=NO.[CH2-][Si](C)(C)C.[Co+2]. The molecule has 1 aliphatic rings. The minimum atomic E-state index is -0.861. The van der Waals surface area contributed by atoms with Gasteiger partial charge in [-0.05, 0) is 27.7 Å². The summed E-state index contributed by atoms with van der Waals surface area (Å²) in [6.45, 7) is 17.6. The van der Waals surface area contributed by atoms with Gasteiger partial charge in [0.25, 0.3) is 0 Å². The molecule has 0 bridgehead atoms. The van der Waals surface area contributed by atoms with E-state index in [1.807, 2.05) is 18.2 Å². The Hall–Kier alpha value is -2.12. The topological polar surface area (TPSA) is 144 Å². The third kappa shape index (κ3) is 31.6. The Bertz CT molecular complexity index is 486. The minimum absolute atomic E-state index is 0. The van der Waals surface area contributed by atoms with Crippen LogP contribution in [0.3, 0.4) is 0 Å². The molecule has 0 aromatic heterocycles. The Morgan fingerprint density at radius 3 is 1.14 bits per heavy atom. The van der Waals surface area contributed by atoms with E-state index in [0.29, 0.717) is 22.8 Å².